The molecule has 1 saturated heterocycles. The van der Waals surface area contributed by atoms with Gasteiger partial charge in [0.25, 0.3) is 0 Å². The van der Waals surface area contributed by atoms with E-state index in [1.54, 1.807) is 22.8 Å². The van der Waals surface area contributed by atoms with Crippen molar-refractivity contribution in [2.24, 2.45) is 0 Å². The average molecular weight is 433 g/mol. The first-order valence-corrected chi connectivity index (χ1v) is 10.1. The van der Waals surface area contributed by atoms with Crippen LogP contribution in [0.4, 0.5) is 5.95 Å². The molecule has 0 amide bonds. The number of hydrogen-bond acceptors (Lipinski definition) is 8. The third-order valence-electron chi connectivity index (χ3n) is 5.18. The third-order valence-corrected chi connectivity index (χ3v) is 5.18. The topological polar surface area (TPSA) is 106 Å². The molecule has 0 radical (unpaired) electrons. The first-order chi connectivity index (χ1) is 15.7. The fourth-order valence-electron chi connectivity index (χ4n) is 3.56. The van der Waals surface area contributed by atoms with Gasteiger partial charge in [0.15, 0.2) is 17.3 Å². The highest BCUT2D eigenvalue weighted by Crippen LogP contribution is 2.33. The van der Waals surface area contributed by atoms with Crippen molar-refractivity contribution in [1.82, 2.24) is 14.8 Å². The lowest BCUT2D eigenvalue weighted by Gasteiger charge is -2.28. The van der Waals surface area contributed by atoms with Crippen molar-refractivity contribution >= 4 is 17.3 Å². The molecule has 1 aliphatic rings. The summed E-state index contributed by atoms with van der Waals surface area (Å²) in [6, 6.07) is 16.5. The Labute approximate surface area is 185 Å². The van der Waals surface area contributed by atoms with Crippen molar-refractivity contribution < 1.29 is 19.3 Å². The summed E-state index contributed by atoms with van der Waals surface area (Å²) in [4.78, 5) is 2.05. The quantitative estimate of drug-likeness (QED) is 0.467. The van der Waals surface area contributed by atoms with E-state index in [-0.39, 0.29) is 17.2 Å². The highest BCUT2D eigenvalue weighted by atomic mass is 16.5. The van der Waals surface area contributed by atoms with E-state index in [2.05, 4.69) is 21.2 Å². The first-order valence-electron chi connectivity index (χ1n) is 10.1. The number of morpholine rings is 1. The van der Waals surface area contributed by atoms with Gasteiger partial charge >= 0.3 is 0 Å². The number of ether oxygens (including phenoxy) is 3. The number of rotatable bonds is 6. The van der Waals surface area contributed by atoms with Crippen molar-refractivity contribution in [2.75, 3.05) is 45.4 Å². The van der Waals surface area contributed by atoms with E-state index < -0.39 is 0 Å². The van der Waals surface area contributed by atoms with Crippen LogP contribution in [0.2, 0.25) is 0 Å². The highest BCUT2D eigenvalue weighted by molar-refractivity contribution is 5.93. The Bertz CT molecular complexity index is 1160. The SMILES string of the molecule is COc1ccc(C(O)=C(C#N)c2nnc(N3CCOCC3)n2-c2ccccc2)cc1OC. The zero-order chi connectivity index (χ0) is 22.5. The second kappa shape index (κ2) is 9.41. The second-order valence-corrected chi connectivity index (χ2v) is 7.00. The normalized spacial score (nSPS) is 14.5. The molecule has 3 aromatic rings. The maximum Gasteiger partial charge on any atom is 0.232 e. The van der Waals surface area contributed by atoms with Gasteiger partial charge in [-0.25, -0.2) is 0 Å². The van der Waals surface area contributed by atoms with Crippen LogP contribution < -0.4 is 14.4 Å². The minimum absolute atomic E-state index is 0.00641. The first kappa shape index (κ1) is 21.2. The molecule has 0 atom stereocenters. The van der Waals surface area contributed by atoms with Gasteiger partial charge in [-0.3, -0.25) is 4.57 Å². The zero-order valence-electron chi connectivity index (χ0n) is 17.9. The van der Waals surface area contributed by atoms with Crippen molar-refractivity contribution in [3.63, 3.8) is 0 Å². The van der Waals surface area contributed by atoms with Crippen LogP contribution >= 0.6 is 0 Å². The number of hydrogen-bond donors (Lipinski definition) is 1. The van der Waals surface area contributed by atoms with Crippen LogP contribution in [0.1, 0.15) is 11.4 Å². The Kier molecular flexibility index (Phi) is 6.24. The van der Waals surface area contributed by atoms with E-state index in [1.807, 2.05) is 30.3 Å². The van der Waals surface area contributed by atoms with Gasteiger partial charge in [0, 0.05) is 18.7 Å². The van der Waals surface area contributed by atoms with Crippen LogP contribution in [-0.4, -0.2) is 60.4 Å². The molecular formula is C23H23N5O4. The summed E-state index contributed by atoms with van der Waals surface area (Å²) in [7, 11) is 3.04. The molecule has 0 aliphatic carbocycles. The summed E-state index contributed by atoms with van der Waals surface area (Å²) < 4.78 is 17.8. The molecular weight excluding hydrogens is 410 g/mol. The van der Waals surface area contributed by atoms with Crippen LogP contribution in [0.25, 0.3) is 17.0 Å². The van der Waals surface area contributed by atoms with Crippen LogP contribution in [0.3, 0.4) is 0 Å². The maximum atomic E-state index is 11.1. The predicted molar refractivity (Wildman–Crippen MR) is 119 cm³/mol. The predicted octanol–water partition coefficient (Wildman–Crippen LogP) is 3.07. The molecule has 1 aromatic heterocycles. The van der Waals surface area contributed by atoms with E-state index in [1.165, 1.54) is 14.2 Å². The third kappa shape index (κ3) is 3.96. The molecule has 9 heteroatoms. The van der Waals surface area contributed by atoms with E-state index in [0.29, 0.717) is 49.3 Å². The van der Waals surface area contributed by atoms with Gasteiger partial charge < -0.3 is 24.2 Å². The van der Waals surface area contributed by atoms with Gasteiger partial charge in [-0.1, -0.05) is 18.2 Å². The number of para-hydroxylation sites is 1. The largest absolute Gasteiger partial charge is 0.506 e. The minimum atomic E-state index is -0.230. The number of aliphatic hydroxyl groups excluding tert-OH is 1. The Hall–Kier alpha value is -4.03. The van der Waals surface area contributed by atoms with Gasteiger partial charge in [0.05, 0.1) is 33.1 Å². The number of allylic oxidation sites excluding steroid dienone is 1. The molecule has 1 aliphatic heterocycles. The number of nitriles is 1. The van der Waals surface area contributed by atoms with E-state index in [4.69, 9.17) is 14.2 Å². The summed E-state index contributed by atoms with van der Waals surface area (Å²) in [5.74, 6) is 1.55. The van der Waals surface area contributed by atoms with Gasteiger partial charge in [-0.2, -0.15) is 5.26 Å². The molecule has 0 bridgehead atoms. The van der Waals surface area contributed by atoms with Crippen LogP contribution in [0.15, 0.2) is 48.5 Å². The van der Waals surface area contributed by atoms with Gasteiger partial charge in [-0.05, 0) is 30.3 Å². The average Bonchev–Trinajstić information content (AvgIpc) is 3.29. The van der Waals surface area contributed by atoms with E-state index >= 15 is 0 Å². The zero-order valence-corrected chi connectivity index (χ0v) is 17.9. The molecule has 32 heavy (non-hydrogen) atoms. The van der Waals surface area contributed by atoms with Crippen molar-refractivity contribution in [3.05, 3.63) is 59.9 Å². The lowest BCUT2D eigenvalue weighted by atomic mass is 10.1. The number of aliphatic hydroxyl groups is 1. The lowest BCUT2D eigenvalue weighted by Crippen LogP contribution is -2.38. The van der Waals surface area contributed by atoms with E-state index in [9.17, 15) is 10.4 Å². The Morgan fingerprint density at radius 1 is 1.03 bits per heavy atom. The molecule has 9 nitrogen and oxygen atoms in total. The Morgan fingerprint density at radius 2 is 1.75 bits per heavy atom. The van der Waals surface area contributed by atoms with Crippen LogP contribution in [0.5, 0.6) is 11.5 Å². The summed E-state index contributed by atoms with van der Waals surface area (Å²) in [5.41, 5.74) is 1.17. The van der Waals surface area contributed by atoms with E-state index in [0.717, 1.165) is 5.69 Å². The number of benzene rings is 2. The second-order valence-electron chi connectivity index (χ2n) is 7.00. The smallest absolute Gasteiger partial charge is 0.232 e. The maximum absolute atomic E-state index is 11.1. The number of aromatic nitrogens is 3. The van der Waals surface area contributed by atoms with Crippen molar-refractivity contribution in [2.45, 2.75) is 0 Å². The summed E-state index contributed by atoms with van der Waals surface area (Å²) >= 11 is 0. The standard InChI is InChI=1S/C23H23N5O4/c1-30-19-9-8-16(14-20(19)31-2)21(29)18(15-24)22-25-26-23(27-10-12-32-13-11-27)28(22)17-6-4-3-5-7-17/h3-9,14,29H,10-13H2,1-2H3. The molecule has 0 spiro atoms. The summed E-state index contributed by atoms with van der Waals surface area (Å²) in [5, 5.41) is 29.7. The molecule has 0 saturated carbocycles. The van der Waals surface area contributed by atoms with Crippen molar-refractivity contribution in [1.29, 1.82) is 5.26 Å². The molecule has 4 rings (SSSR count). The van der Waals surface area contributed by atoms with Gasteiger partial charge in [0.1, 0.15) is 17.4 Å². The molecule has 0 unspecified atom stereocenters. The molecule has 2 aromatic carbocycles. The monoisotopic (exact) mass is 433 g/mol. The number of nitrogens with zero attached hydrogens (tertiary/aromatic N) is 5. The number of methoxy groups -OCH3 is 2. The van der Waals surface area contributed by atoms with Crippen molar-refractivity contribution in [3.8, 4) is 23.3 Å². The highest BCUT2D eigenvalue weighted by Gasteiger charge is 2.25. The molecule has 1 fully saturated rings. The van der Waals surface area contributed by atoms with Gasteiger partial charge in [0.2, 0.25) is 5.95 Å². The Morgan fingerprint density at radius 3 is 2.41 bits per heavy atom. The van der Waals surface area contributed by atoms with Crippen LogP contribution in [-0.2, 0) is 4.74 Å². The summed E-state index contributed by atoms with van der Waals surface area (Å²) in [6.45, 7) is 2.46. The summed E-state index contributed by atoms with van der Waals surface area (Å²) in [6.07, 6.45) is 0. The van der Waals surface area contributed by atoms with Crippen LogP contribution in [0, 0.1) is 11.3 Å². The molecule has 164 valence electrons. The molecule has 1 N–H and O–H groups in total. The fraction of sp³-hybridized carbons (Fsp3) is 0.261. The number of anilines is 1. The minimum Gasteiger partial charge on any atom is -0.506 e. The van der Waals surface area contributed by atoms with Gasteiger partial charge in [-0.15, -0.1) is 10.2 Å². The molecule has 2 heterocycles. The fourth-order valence-corrected chi connectivity index (χ4v) is 3.56. The Balaban J connectivity index is 1.87. The lowest BCUT2D eigenvalue weighted by molar-refractivity contribution is 0.122.